The summed E-state index contributed by atoms with van der Waals surface area (Å²) in [6.07, 6.45) is 5.23. The molecule has 0 aliphatic heterocycles. The average Bonchev–Trinajstić information content (AvgIpc) is 3.42. The van der Waals surface area contributed by atoms with E-state index in [1.165, 1.54) is 25.7 Å². The predicted molar refractivity (Wildman–Crippen MR) is 104 cm³/mol. The highest BCUT2D eigenvalue weighted by Gasteiger charge is 2.42. The molecule has 2 aromatic rings. The molecule has 4 unspecified atom stereocenters. The number of methoxy groups -OCH3 is 1. The maximum Gasteiger partial charge on any atom is 0.274 e. The molecular formula is C22H28N2O4. The summed E-state index contributed by atoms with van der Waals surface area (Å²) in [5.41, 5.74) is 1.01. The van der Waals surface area contributed by atoms with Crippen molar-refractivity contribution in [3.63, 3.8) is 0 Å². The molecule has 2 fully saturated rings. The van der Waals surface area contributed by atoms with Crippen LogP contribution in [0, 0.1) is 24.7 Å². The Bertz CT molecular complexity index is 830. The topological polar surface area (TPSA) is 73.6 Å². The average molecular weight is 384 g/mol. The van der Waals surface area contributed by atoms with E-state index >= 15 is 0 Å². The van der Waals surface area contributed by atoms with Gasteiger partial charge in [0, 0.05) is 6.04 Å². The van der Waals surface area contributed by atoms with Gasteiger partial charge in [0.1, 0.15) is 23.9 Å². The van der Waals surface area contributed by atoms with Crippen LogP contribution in [0.25, 0.3) is 0 Å². The zero-order chi connectivity index (χ0) is 19.7. The van der Waals surface area contributed by atoms with Gasteiger partial charge < -0.3 is 19.3 Å². The summed E-state index contributed by atoms with van der Waals surface area (Å²) < 4.78 is 16.3. The number of benzene rings is 1. The molecule has 2 aliphatic carbocycles. The van der Waals surface area contributed by atoms with Crippen molar-refractivity contribution in [2.45, 2.75) is 52.2 Å². The molecule has 0 radical (unpaired) electrons. The van der Waals surface area contributed by atoms with Gasteiger partial charge in [0.15, 0.2) is 5.69 Å². The van der Waals surface area contributed by atoms with Crippen molar-refractivity contribution in [2.24, 2.45) is 17.8 Å². The SMILES string of the molecule is COc1ccc(OCc2c(C(=O)NC(C)C3CC4CCC3C4)noc2C)cc1. The number of nitrogens with zero attached hydrogens (tertiary/aromatic N) is 1. The normalized spacial score (nSPS) is 24.2. The number of rotatable bonds is 7. The summed E-state index contributed by atoms with van der Waals surface area (Å²) in [7, 11) is 1.62. The Balaban J connectivity index is 1.39. The third-order valence-electron chi connectivity index (χ3n) is 6.44. The van der Waals surface area contributed by atoms with Crippen LogP contribution in [0.2, 0.25) is 0 Å². The number of hydrogen-bond acceptors (Lipinski definition) is 5. The Kier molecular flexibility index (Phi) is 5.29. The predicted octanol–water partition coefficient (Wildman–Crippen LogP) is 4.13. The molecule has 1 aromatic carbocycles. The van der Waals surface area contributed by atoms with Gasteiger partial charge in [0.25, 0.3) is 5.91 Å². The maximum atomic E-state index is 12.8. The second kappa shape index (κ2) is 7.86. The first kappa shape index (κ1) is 18.8. The van der Waals surface area contributed by atoms with Gasteiger partial charge in [-0.05, 0) is 75.1 Å². The van der Waals surface area contributed by atoms with Gasteiger partial charge in [-0.1, -0.05) is 11.6 Å². The van der Waals surface area contributed by atoms with Crippen molar-refractivity contribution in [1.29, 1.82) is 0 Å². The number of hydrogen-bond donors (Lipinski definition) is 1. The molecule has 1 amide bonds. The maximum absolute atomic E-state index is 12.8. The smallest absolute Gasteiger partial charge is 0.274 e. The van der Waals surface area contributed by atoms with Gasteiger partial charge in [-0.3, -0.25) is 4.79 Å². The summed E-state index contributed by atoms with van der Waals surface area (Å²) in [5, 5.41) is 7.15. The molecule has 0 spiro atoms. The van der Waals surface area contributed by atoms with Crippen molar-refractivity contribution in [3.05, 3.63) is 41.3 Å². The van der Waals surface area contributed by atoms with E-state index in [2.05, 4.69) is 17.4 Å². The number of carbonyl (C=O) groups excluding carboxylic acids is 1. The van der Waals surface area contributed by atoms with Crippen molar-refractivity contribution in [1.82, 2.24) is 10.5 Å². The molecule has 0 saturated heterocycles. The number of fused-ring (bicyclic) bond motifs is 2. The van der Waals surface area contributed by atoms with Gasteiger partial charge in [0.2, 0.25) is 0 Å². The molecule has 2 aliphatic rings. The van der Waals surface area contributed by atoms with E-state index in [4.69, 9.17) is 14.0 Å². The monoisotopic (exact) mass is 384 g/mol. The summed E-state index contributed by atoms with van der Waals surface area (Å²) in [6.45, 7) is 4.15. The van der Waals surface area contributed by atoms with Crippen LogP contribution in [0.1, 0.15) is 54.4 Å². The first-order valence-corrected chi connectivity index (χ1v) is 10.1. The first-order valence-electron chi connectivity index (χ1n) is 10.1. The van der Waals surface area contributed by atoms with Crippen LogP contribution in [0.5, 0.6) is 11.5 Å². The lowest BCUT2D eigenvalue weighted by Crippen LogP contribution is -2.40. The molecule has 2 bridgehead atoms. The Labute approximate surface area is 165 Å². The van der Waals surface area contributed by atoms with Crippen molar-refractivity contribution in [2.75, 3.05) is 7.11 Å². The standard InChI is InChI=1S/C22H28N2O4/c1-13(19-11-15-4-5-16(19)10-15)23-22(25)21-20(14(2)28-24-21)12-27-18-8-6-17(26-3)7-9-18/h6-9,13,15-16,19H,4-5,10-12H2,1-3H3,(H,23,25). The highest BCUT2D eigenvalue weighted by molar-refractivity contribution is 5.94. The molecule has 28 heavy (non-hydrogen) atoms. The van der Waals surface area contributed by atoms with Crippen molar-refractivity contribution in [3.8, 4) is 11.5 Å². The zero-order valence-corrected chi connectivity index (χ0v) is 16.7. The van der Waals surface area contributed by atoms with E-state index in [0.717, 1.165) is 17.6 Å². The number of ether oxygens (including phenoxy) is 2. The molecule has 2 saturated carbocycles. The summed E-state index contributed by atoms with van der Waals surface area (Å²) in [5.74, 6) is 4.09. The lowest BCUT2D eigenvalue weighted by Gasteiger charge is -2.28. The van der Waals surface area contributed by atoms with Crippen LogP contribution in [0.15, 0.2) is 28.8 Å². The fraction of sp³-hybridized carbons (Fsp3) is 0.545. The lowest BCUT2D eigenvalue weighted by molar-refractivity contribution is 0.0904. The third kappa shape index (κ3) is 3.73. The Morgan fingerprint density at radius 2 is 2.00 bits per heavy atom. The second-order valence-corrected chi connectivity index (χ2v) is 8.13. The van der Waals surface area contributed by atoms with Crippen LogP contribution >= 0.6 is 0 Å². The second-order valence-electron chi connectivity index (χ2n) is 8.13. The molecule has 4 rings (SSSR count). The van der Waals surface area contributed by atoms with Gasteiger partial charge >= 0.3 is 0 Å². The summed E-state index contributed by atoms with van der Waals surface area (Å²) in [4.78, 5) is 12.8. The molecule has 6 nitrogen and oxygen atoms in total. The van der Waals surface area contributed by atoms with E-state index in [1.807, 2.05) is 24.3 Å². The van der Waals surface area contributed by atoms with Crippen molar-refractivity contribution < 1.29 is 18.8 Å². The highest BCUT2D eigenvalue weighted by atomic mass is 16.5. The van der Waals surface area contributed by atoms with E-state index in [-0.39, 0.29) is 18.6 Å². The lowest BCUT2D eigenvalue weighted by atomic mass is 9.84. The quantitative estimate of drug-likeness (QED) is 0.777. The van der Waals surface area contributed by atoms with E-state index in [9.17, 15) is 4.79 Å². The number of aryl methyl sites for hydroxylation is 1. The van der Waals surface area contributed by atoms with Crippen LogP contribution in [-0.4, -0.2) is 24.2 Å². The van der Waals surface area contributed by atoms with Gasteiger partial charge in [0.05, 0.1) is 12.7 Å². The van der Waals surface area contributed by atoms with Crippen LogP contribution < -0.4 is 14.8 Å². The Morgan fingerprint density at radius 3 is 2.64 bits per heavy atom. The summed E-state index contributed by atoms with van der Waals surface area (Å²) >= 11 is 0. The molecular weight excluding hydrogens is 356 g/mol. The van der Waals surface area contributed by atoms with Crippen LogP contribution in [0.3, 0.4) is 0 Å². The number of carbonyl (C=O) groups is 1. The number of nitrogens with one attached hydrogen (secondary N) is 1. The largest absolute Gasteiger partial charge is 0.497 e. The van der Waals surface area contributed by atoms with Gasteiger partial charge in [-0.2, -0.15) is 0 Å². The molecule has 6 heteroatoms. The molecule has 1 aromatic heterocycles. The zero-order valence-electron chi connectivity index (χ0n) is 16.7. The van der Waals surface area contributed by atoms with E-state index in [1.54, 1.807) is 14.0 Å². The minimum absolute atomic E-state index is 0.148. The molecule has 1 heterocycles. The Morgan fingerprint density at radius 1 is 1.25 bits per heavy atom. The van der Waals surface area contributed by atoms with E-state index < -0.39 is 0 Å². The van der Waals surface area contributed by atoms with Gasteiger partial charge in [-0.15, -0.1) is 0 Å². The fourth-order valence-electron chi connectivity index (χ4n) is 4.86. The minimum Gasteiger partial charge on any atom is -0.497 e. The number of aromatic nitrogens is 1. The molecule has 4 atom stereocenters. The van der Waals surface area contributed by atoms with Gasteiger partial charge in [-0.25, -0.2) is 0 Å². The minimum atomic E-state index is -0.180. The van der Waals surface area contributed by atoms with Crippen LogP contribution in [0.4, 0.5) is 0 Å². The first-order chi connectivity index (χ1) is 13.5. The number of amides is 1. The molecule has 1 N–H and O–H groups in total. The van der Waals surface area contributed by atoms with E-state index in [0.29, 0.717) is 28.7 Å². The van der Waals surface area contributed by atoms with Crippen LogP contribution in [-0.2, 0) is 6.61 Å². The Hall–Kier alpha value is -2.50. The van der Waals surface area contributed by atoms with Crippen molar-refractivity contribution >= 4 is 5.91 Å². The molecule has 150 valence electrons. The summed E-state index contributed by atoms with van der Waals surface area (Å²) in [6, 6.07) is 7.48. The fourth-order valence-corrected chi connectivity index (χ4v) is 4.86. The highest BCUT2D eigenvalue weighted by Crippen LogP contribution is 2.49. The third-order valence-corrected chi connectivity index (χ3v) is 6.44.